The Kier molecular flexibility index (Phi) is 6.84. The molecular formula is C25H27N3O5. The number of nitrogens with one attached hydrogen (secondary N) is 1. The molecule has 4 rings (SSSR count). The third-order valence-electron chi connectivity index (χ3n) is 6.01. The number of aromatic nitrogens is 2. The zero-order chi connectivity index (χ0) is 23.4. The van der Waals surface area contributed by atoms with Gasteiger partial charge in [-0.25, -0.2) is 9.78 Å². The van der Waals surface area contributed by atoms with Crippen LogP contribution in [0.2, 0.25) is 0 Å². The summed E-state index contributed by atoms with van der Waals surface area (Å²) in [6.45, 7) is 2.42. The van der Waals surface area contributed by atoms with E-state index in [2.05, 4.69) is 9.88 Å². The number of hydrogen-bond acceptors (Lipinski definition) is 5. The van der Waals surface area contributed by atoms with Crippen LogP contribution >= 0.6 is 0 Å². The Labute approximate surface area is 191 Å². The molecule has 2 aromatic carbocycles. The van der Waals surface area contributed by atoms with Crippen LogP contribution in [0.3, 0.4) is 0 Å². The van der Waals surface area contributed by atoms with Gasteiger partial charge in [0.2, 0.25) is 0 Å². The number of carboxylic acids is 1. The fourth-order valence-electron chi connectivity index (χ4n) is 4.35. The predicted molar refractivity (Wildman–Crippen MR) is 123 cm³/mol. The largest absolute Gasteiger partial charge is 0.478 e. The molecule has 8 heteroatoms. The van der Waals surface area contributed by atoms with E-state index in [4.69, 9.17) is 9.72 Å². The highest BCUT2D eigenvalue weighted by Gasteiger charge is 2.24. The van der Waals surface area contributed by atoms with Crippen molar-refractivity contribution in [2.24, 2.45) is 0 Å². The van der Waals surface area contributed by atoms with Crippen molar-refractivity contribution in [3.8, 4) is 11.4 Å². The molecule has 1 aromatic heterocycles. The first-order chi connectivity index (χ1) is 16.0. The summed E-state index contributed by atoms with van der Waals surface area (Å²) in [5.74, 6) is -0.579. The Morgan fingerprint density at radius 3 is 2.52 bits per heavy atom. The summed E-state index contributed by atoms with van der Waals surface area (Å²) in [6.07, 6.45) is 5.06. The highest BCUT2D eigenvalue weighted by molar-refractivity contribution is 5.96. The normalized spacial score (nSPS) is 14.9. The number of aromatic carboxylic acids is 1. The van der Waals surface area contributed by atoms with E-state index in [9.17, 15) is 19.5 Å². The highest BCUT2D eigenvalue weighted by Crippen LogP contribution is 2.37. The molecule has 1 aliphatic carbocycles. The molecule has 1 amide bonds. The number of rotatable bonds is 9. The summed E-state index contributed by atoms with van der Waals surface area (Å²) < 4.78 is 7.42. The van der Waals surface area contributed by atoms with Crippen molar-refractivity contribution in [2.75, 3.05) is 13.2 Å². The van der Waals surface area contributed by atoms with Crippen LogP contribution in [-0.4, -0.2) is 52.1 Å². The Hall–Kier alpha value is -3.52. The van der Waals surface area contributed by atoms with Crippen LogP contribution in [0.5, 0.6) is 0 Å². The van der Waals surface area contributed by atoms with E-state index >= 15 is 0 Å². The number of carbonyl (C=O) groups excluding carboxylic acids is 2. The van der Waals surface area contributed by atoms with Gasteiger partial charge in [0, 0.05) is 23.8 Å². The van der Waals surface area contributed by atoms with Gasteiger partial charge in [0.05, 0.1) is 23.2 Å². The first-order valence-electron chi connectivity index (χ1n) is 11.2. The van der Waals surface area contributed by atoms with Crippen molar-refractivity contribution < 1.29 is 24.2 Å². The van der Waals surface area contributed by atoms with Gasteiger partial charge < -0.3 is 24.5 Å². The van der Waals surface area contributed by atoms with Gasteiger partial charge in [-0.1, -0.05) is 25.0 Å². The van der Waals surface area contributed by atoms with Crippen molar-refractivity contribution in [2.45, 2.75) is 44.7 Å². The van der Waals surface area contributed by atoms with Gasteiger partial charge >= 0.3 is 5.97 Å². The van der Waals surface area contributed by atoms with Crippen molar-refractivity contribution in [1.82, 2.24) is 14.9 Å². The number of fused-ring (bicyclic) bond motifs is 1. The summed E-state index contributed by atoms with van der Waals surface area (Å²) in [4.78, 5) is 39.9. The number of ether oxygens (including phenoxy) is 1. The molecule has 1 fully saturated rings. The van der Waals surface area contributed by atoms with Gasteiger partial charge in [-0.15, -0.1) is 0 Å². The lowest BCUT2D eigenvalue weighted by atomic mass is 10.1. The van der Waals surface area contributed by atoms with E-state index in [1.165, 1.54) is 0 Å². The highest BCUT2D eigenvalue weighted by atomic mass is 16.5. The van der Waals surface area contributed by atoms with Crippen LogP contribution in [0.15, 0.2) is 42.5 Å². The van der Waals surface area contributed by atoms with Crippen LogP contribution in [0, 0.1) is 0 Å². The van der Waals surface area contributed by atoms with E-state index in [-0.39, 0.29) is 18.1 Å². The molecule has 1 atom stereocenters. The van der Waals surface area contributed by atoms with Crippen molar-refractivity contribution in [3.63, 3.8) is 0 Å². The molecule has 0 spiro atoms. The molecule has 1 unspecified atom stereocenters. The third kappa shape index (κ3) is 4.80. The average Bonchev–Trinajstić information content (AvgIpc) is 3.48. The minimum Gasteiger partial charge on any atom is -0.478 e. The number of hydrogen-bond donors (Lipinski definition) is 2. The number of carboxylic acid groups (broad SMARTS) is 1. The molecule has 1 aliphatic rings. The second-order valence-electron chi connectivity index (χ2n) is 8.21. The first kappa shape index (κ1) is 22.7. The second kappa shape index (κ2) is 9.95. The monoisotopic (exact) mass is 449 g/mol. The van der Waals surface area contributed by atoms with Crippen LogP contribution in [0.4, 0.5) is 0 Å². The predicted octanol–water partition coefficient (Wildman–Crippen LogP) is 3.85. The minimum atomic E-state index is -0.984. The van der Waals surface area contributed by atoms with Crippen molar-refractivity contribution in [3.05, 3.63) is 53.6 Å². The molecule has 0 bridgehead atoms. The van der Waals surface area contributed by atoms with Gasteiger partial charge in [0.15, 0.2) is 0 Å². The third-order valence-corrected chi connectivity index (χ3v) is 6.01. The first-order valence-corrected chi connectivity index (χ1v) is 11.2. The fourth-order valence-corrected chi connectivity index (χ4v) is 4.35. The molecule has 2 N–H and O–H groups in total. The molecule has 1 saturated carbocycles. The topological polar surface area (TPSA) is 111 Å². The zero-order valence-electron chi connectivity index (χ0n) is 18.5. The second-order valence-corrected chi connectivity index (χ2v) is 8.21. The number of nitrogens with zero attached hydrogens (tertiary/aromatic N) is 2. The van der Waals surface area contributed by atoms with Gasteiger partial charge in [-0.2, -0.15) is 0 Å². The number of carbonyl (C=O) groups is 3. The van der Waals surface area contributed by atoms with Gasteiger partial charge in [0.25, 0.3) is 5.91 Å². The molecule has 3 aromatic rings. The smallest absolute Gasteiger partial charge is 0.335 e. The Morgan fingerprint density at radius 2 is 1.88 bits per heavy atom. The quantitative estimate of drug-likeness (QED) is 0.480. The van der Waals surface area contributed by atoms with Crippen LogP contribution in [0.25, 0.3) is 22.4 Å². The molecule has 172 valence electrons. The van der Waals surface area contributed by atoms with Gasteiger partial charge in [0.1, 0.15) is 18.2 Å². The zero-order valence-corrected chi connectivity index (χ0v) is 18.5. The Morgan fingerprint density at radius 1 is 1.18 bits per heavy atom. The summed E-state index contributed by atoms with van der Waals surface area (Å²) in [7, 11) is 0. The average molecular weight is 450 g/mol. The lowest BCUT2D eigenvalue weighted by Crippen LogP contribution is -2.39. The van der Waals surface area contributed by atoms with Crippen LogP contribution < -0.4 is 5.32 Å². The van der Waals surface area contributed by atoms with Crippen molar-refractivity contribution in [1.29, 1.82) is 0 Å². The van der Waals surface area contributed by atoms with E-state index in [0.29, 0.717) is 30.0 Å². The van der Waals surface area contributed by atoms with Gasteiger partial charge in [-0.3, -0.25) is 4.79 Å². The lowest BCUT2D eigenvalue weighted by molar-refractivity contribution is -0.110. The Bertz CT molecular complexity index is 1160. The number of amides is 1. The molecule has 0 radical (unpaired) electrons. The maximum Gasteiger partial charge on any atom is 0.335 e. The van der Waals surface area contributed by atoms with Crippen LogP contribution in [-0.2, 0) is 9.53 Å². The molecule has 0 aliphatic heterocycles. The minimum absolute atomic E-state index is 0.133. The molecule has 0 saturated heterocycles. The maximum atomic E-state index is 12.5. The molecular weight excluding hydrogens is 422 g/mol. The summed E-state index contributed by atoms with van der Waals surface area (Å²) in [5.41, 5.74) is 3.03. The number of benzene rings is 2. The SMILES string of the molecule is CCOCC(C=O)NC(=O)c1ccc(-c2nc3cc(C(=O)O)ccc3n2C2CCCC2)cc1. The summed E-state index contributed by atoms with van der Waals surface area (Å²) >= 11 is 0. The molecule has 1 heterocycles. The van der Waals surface area contributed by atoms with Crippen molar-refractivity contribution >= 4 is 29.2 Å². The van der Waals surface area contributed by atoms with Crippen LogP contribution in [0.1, 0.15) is 59.4 Å². The number of imidazole rings is 1. The van der Waals surface area contributed by atoms with E-state index in [1.54, 1.807) is 24.3 Å². The molecule has 8 nitrogen and oxygen atoms in total. The van der Waals surface area contributed by atoms with Gasteiger partial charge in [-0.05, 0) is 50.1 Å². The van der Waals surface area contributed by atoms with E-state index in [0.717, 1.165) is 42.6 Å². The number of aldehydes is 1. The standard InChI is InChI=1S/C25H27N3O5/c1-2-33-15-19(14-29)26-24(30)17-9-7-16(8-10-17)23-27-21-13-18(25(31)32)11-12-22(21)28(23)20-5-3-4-6-20/h7-14,19-20H,2-6,15H2,1H3,(H,26,30)(H,31,32). The Balaban J connectivity index is 1.65. The van der Waals surface area contributed by atoms with E-state index < -0.39 is 12.0 Å². The maximum absolute atomic E-state index is 12.5. The molecule has 33 heavy (non-hydrogen) atoms. The summed E-state index contributed by atoms with van der Waals surface area (Å²) in [5, 5.41) is 12.0. The summed E-state index contributed by atoms with van der Waals surface area (Å²) in [6, 6.07) is 11.7. The lowest BCUT2D eigenvalue weighted by Gasteiger charge is -2.17. The fraction of sp³-hybridized carbons (Fsp3) is 0.360. The van der Waals surface area contributed by atoms with E-state index in [1.807, 2.05) is 25.1 Å².